The van der Waals surface area contributed by atoms with Gasteiger partial charge in [0.15, 0.2) is 4.80 Å². The molecule has 0 fully saturated rings. The van der Waals surface area contributed by atoms with E-state index in [1.807, 2.05) is 35.7 Å². The Morgan fingerprint density at radius 3 is 2.58 bits per heavy atom. The first-order valence-electron chi connectivity index (χ1n) is 10.6. The number of hydrogen-bond donors (Lipinski definition) is 0. The van der Waals surface area contributed by atoms with Gasteiger partial charge in [-0.25, -0.2) is 9.79 Å². The van der Waals surface area contributed by atoms with Crippen LogP contribution in [-0.4, -0.2) is 17.1 Å². The number of fused-ring (bicyclic) bond motifs is 1. The SMILES string of the molecule is C=CCOC(=O)C1=C(C)N=c2sc(=Cc3ccc(C(C)(C)C)cc3)c(=O)n2C1c1cccs1. The second-order valence-corrected chi connectivity index (χ2v) is 10.8. The number of hydrogen-bond acceptors (Lipinski definition) is 6. The number of allylic oxidation sites excluding steroid dienone is 1. The molecule has 7 heteroatoms. The first-order chi connectivity index (χ1) is 15.7. The fraction of sp³-hybridized carbons (Fsp3) is 0.269. The van der Waals surface area contributed by atoms with Crippen molar-refractivity contribution >= 4 is 34.7 Å². The minimum atomic E-state index is -0.566. The van der Waals surface area contributed by atoms with Gasteiger partial charge in [0.2, 0.25) is 0 Å². The van der Waals surface area contributed by atoms with Crippen LogP contribution < -0.4 is 14.9 Å². The Labute approximate surface area is 200 Å². The molecule has 1 aliphatic rings. The fourth-order valence-electron chi connectivity index (χ4n) is 3.74. The number of ether oxygens (including phenoxy) is 1. The quantitative estimate of drug-likeness (QED) is 0.405. The van der Waals surface area contributed by atoms with Crippen molar-refractivity contribution < 1.29 is 9.53 Å². The third-order valence-corrected chi connectivity index (χ3v) is 7.37. The van der Waals surface area contributed by atoms with Gasteiger partial charge in [-0.15, -0.1) is 11.3 Å². The summed E-state index contributed by atoms with van der Waals surface area (Å²) in [7, 11) is 0. The maximum atomic E-state index is 13.5. The number of benzene rings is 1. The van der Waals surface area contributed by atoms with Crippen LogP contribution in [0.4, 0.5) is 0 Å². The van der Waals surface area contributed by atoms with Crippen LogP contribution in [0.5, 0.6) is 0 Å². The molecule has 0 aliphatic carbocycles. The highest BCUT2D eigenvalue weighted by Gasteiger charge is 2.33. The molecule has 0 bridgehead atoms. The predicted molar refractivity (Wildman–Crippen MR) is 134 cm³/mol. The summed E-state index contributed by atoms with van der Waals surface area (Å²) in [5.74, 6) is -0.485. The van der Waals surface area contributed by atoms with Crippen molar-refractivity contribution in [2.75, 3.05) is 6.61 Å². The third kappa shape index (κ3) is 4.56. The summed E-state index contributed by atoms with van der Waals surface area (Å²) in [6.45, 7) is 12.0. The van der Waals surface area contributed by atoms with Gasteiger partial charge in [0.1, 0.15) is 12.6 Å². The van der Waals surface area contributed by atoms with Crippen molar-refractivity contribution in [1.82, 2.24) is 4.57 Å². The molecule has 0 amide bonds. The number of thiophene rings is 1. The van der Waals surface area contributed by atoms with Crippen LogP contribution in [0, 0.1) is 0 Å². The van der Waals surface area contributed by atoms with Crippen LogP contribution >= 0.6 is 22.7 Å². The molecule has 3 aromatic rings. The molecular weight excluding hydrogens is 452 g/mol. The lowest BCUT2D eigenvalue weighted by Gasteiger charge is -2.23. The Balaban J connectivity index is 1.84. The average Bonchev–Trinajstić information content (AvgIpc) is 3.40. The van der Waals surface area contributed by atoms with Gasteiger partial charge < -0.3 is 4.74 Å². The molecule has 3 heterocycles. The van der Waals surface area contributed by atoms with Gasteiger partial charge >= 0.3 is 5.97 Å². The van der Waals surface area contributed by atoms with Gasteiger partial charge in [-0.3, -0.25) is 9.36 Å². The first kappa shape index (κ1) is 23.1. The highest BCUT2D eigenvalue weighted by molar-refractivity contribution is 7.10. The standard InChI is InChI=1S/C26H26N2O3S2/c1-6-13-31-24(30)21-16(2)27-25-28(22(21)19-8-7-14-32-19)23(29)20(33-25)15-17-9-11-18(12-10-17)26(3,4)5/h6-12,14-15,22H,1,13H2,2-5H3. The second-order valence-electron chi connectivity index (χ2n) is 8.86. The van der Waals surface area contributed by atoms with Gasteiger partial charge in [-0.1, -0.05) is 75.1 Å². The molecule has 1 unspecified atom stereocenters. The Morgan fingerprint density at radius 1 is 1.24 bits per heavy atom. The van der Waals surface area contributed by atoms with Crippen LogP contribution in [-0.2, 0) is 14.9 Å². The summed E-state index contributed by atoms with van der Waals surface area (Å²) in [5.41, 5.74) is 3.02. The lowest BCUT2D eigenvalue weighted by molar-refractivity contribution is -0.138. The molecule has 170 valence electrons. The van der Waals surface area contributed by atoms with Crippen molar-refractivity contribution in [3.63, 3.8) is 0 Å². The maximum absolute atomic E-state index is 13.5. The first-order valence-corrected chi connectivity index (χ1v) is 12.3. The Morgan fingerprint density at radius 2 is 1.97 bits per heavy atom. The summed E-state index contributed by atoms with van der Waals surface area (Å²) in [6, 6.07) is 11.5. The second kappa shape index (κ2) is 9.08. The van der Waals surface area contributed by atoms with E-state index in [-0.39, 0.29) is 17.6 Å². The zero-order valence-electron chi connectivity index (χ0n) is 19.1. The van der Waals surface area contributed by atoms with E-state index in [4.69, 9.17) is 4.74 Å². The fourth-order valence-corrected chi connectivity index (χ4v) is 5.61. The van der Waals surface area contributed by atoms with Crippen LogP contribution in [0.1, 0.15) is 49.7 Å². The molecule has 1 atom stereocenters. The van der Waals surface area contributed by atoms with Crippen LogP contribution in [0.2, 0.25) is 0 Å². The summed E-state index contributed by atoms with van der Waals surface area (Å²) < 4.78 is 7.53. The number of carbonyl (C=O) groups excluding carboxylic acids is 1. The van der Waals surface area contributed by atoms with Crippen molar-refractivity contribution in [2.45, 2.75) is 39.2 Å². The molecular formula is C26H26N2O3S2. The van der Waals surface area contributed by atoms with Gasteiger partial charge in [0.25, 0.3) is 5.56 Å². The third-order valence-electron chi connectivity index (χ3n) is 5.46. The molecule has 33 heavy (non-hydrogen) atoms. The molecule has 4 rings (SSSR count). The Hall–Kier alpha value is -3.03. The Bertz CT molecular complexity index is 1400. The predicted octanol–water partition coefficient (Wildman–Crippen LogP) is 4.32. The topological polar surface area (TPSA) is 60.7 Å². The molecule has 2 aromatic heterocycles. The zero-order chi connectivity index (χ0) is 23.8. The summed E-state index contributed by atoms with van der Waals surface area (Å²) >= 11 is 2.83. The molecule has 0 spiro atoms. The van der Waals surface area contributed by atoms with Crippen LogP contribution in [0.15, 0.2) is 75.5 Å². The maximum Gasteiger partial charge on any atom is 0.338 e. The van der Waals surface area contributed by atoms with Crippen molar-refractivity contribution in [2.24, 2.45) is 4.99 Å². The van der Waals surface area contributed by atoms with Gasteiger partial charge in [0.05, 0.1) is 15.8 Å². The number of esters is 1. The van der Waals surface area contributed by atoms with Crippen LogP contribution in [0.3, 0.4) is 0 Å². The molecule has 0 saturated heterocycles. The van der Waals surface area contributed by atoms with E-state index in [2.05, 4.69) is 44.5 Å². The lowest BCUT2D eigenvalue weighted by Crippen LogP contribution is -2.39. The molecule has 0 N–H and O–H groups in total. The van der Waals surface area contributed by atoms with Gasteiger partial charge in [0, 0.05) is 4.88 Å². The smallest absolute Gasteiger partial charge is 0.338 e. The number of carbonyl (C=O) groups is 1. The highest BCUT2D eigenvalue weighted by Crippen LogP contribution is 2.33. The van der Waals surface area contributed by atoms with E-state index < -0.39 is 12.0 Å². The molecule has 1 aromatic carbocycles. The van der Waals surface area contributed by atoms with Crippen molar-refractivity contribution in [3.8, 4) is 0 Å². The van der Waals surface area contributed by atoms with E-state index in [1.165, 1.54) is 34.3 Å². The summed E-state index contributed by atoms with van der Waals surface area (Å²) in [4.78, 5) is 32.5. The normalized spacial score (nSPS) is 16.4. The van der Waals surface area contributed by atoms with E-state index in [9.17, 15) is 9.59 Å². The molecule has 1 aliphatic heterocycles. The highest BCUT2D eigenvalue weighted by atomic mass is 32.1. The van der Waals surface area contributed by atoms with E-state index >= 15 is 0 Å². The monoisotopic (exact) mass is 478 g/mol. The number of nitrogens with zero attached hydrogens (tertiary/aromatic N) is 2. The number of aromatic nitrogens is 1. The lowest BCUT2D eigenvalue weighted by atomic mass is 9.87. The summed E-state index contributed by atoms with van der Waals surface area (Å²) in [6.07, 6.45) is 3.41. The average molecular weight is 479 g/mol. The number of rotatable bonds is 5. The number of thiazole rings is 1. The van der Waals surface area contributed by atoms with Crippen LogP contribution in [0.25, 0.3) is 6.08 Å². The van der Waals surface area contributed by atoms with Crippen molar-refractivity contribution in [3.05, 3.63) is 101 Å². The Kier molecular flexibility index (Phi) is 6.36. The van der Waals surface area contributed by atoms with Gasteiger partial charge in [-0.05, 0) is 41.0 Å². The van der Waals surface area contributed by atoms with E-state index in [1.54, 1.807) is 11.5 Å². The minimum absolute atomic E-state index is 0.0622. The largest absolute Gasteiger partial charge is 0.458 e. The van der Waals surface area contributed by atoms with Crippen molar-refractivity contribution in [1.29, 1.82) is 0 Å². The zero-order valence-corrected chi connectivity index (χ0v) is 20.8. The van der Waals surface area contributed by atoms with E-state index in [0.717, 1.165) is 10.4 Å². The molecule has 0 saturated carbocycles. The van der Waals surface area contributed by atoms with Gasteiger partial charge in [-0.2, -0.15) is 0 Å². The molecule has 5 nitrogen and oxygen atoms in total. The minimum Gasteiger partial charge on any atom is -0.458 e. The molecule has 0 radical (unpaired) electrons. The summed E-state index contributed by atoms with van der Waals surface area (Å²) in [5, 5.41) is 1.93. The van der Waals surface area contributed by atoms with E-state index in [0.29, 0.717) is 20.6 Å².